The third-order valence-electron chi connectivity index (χ3n) is 3.24. The summed E-state index contributed by atoms with van der Waals surface area (Å²) in [6.07, 6.45) is 4.18. The largest absolute Gasteiger partial charge is 0.359 e. The number of rotatable bonds is 3. The van der Waals surface area contributed by atoms with Crippen LogP contribution in [0.3, 0.4) is 0 Å². The van der Waals surface area contributed by atoms with Crippen molar-refractivity contribution in [1.29, 1.82) is 0 Å². The first-order valence-corrected chi connectivity index (χ1v) is 6.19. The zero-order chi connectivity index (χ0) is 10.1. The third kappa shape index (κ3) is 1.92. The number of anilines is 1. The Labute approximate surface area is 89.8 Å². The molecule has 1 fully saturated rings. The Hall–Kier alpha value is -0.570. The lowest BCUT2D eigenvalue weighted by Crippen LogP contribution is -2.30. The van der Waals surface area contributed by atoms with E-state index in [1.165, 1.54) is 29.8 Å². The van der Waals surface area contributed by atoms with Crippen molar-refractivity contribution in [3.05, 3.63) is 10.6 Å². The lowest BCUT2D eigenvalue weighted by Gasteiger charge is -2.31. The summed E-state index contributed by atoms with van der Waals surface area (Å²) in [5.41, 5.74) is 1.17. The van der Waals surface area contributed by atoms with Crippen LogP contribution >= 0.6 is 11.3 Å². The maximum Gasteiger partial charge on any atom is 0.183 e. The standard InChI is InChI=1S/C11H18N2S/c1-7-9(3)14-11(12-7)13-8(2)10-5-4-6-10/h8,10H,4-6H2,1-3H3,(H,12,13)/t8-/m1/s1. The predicted molar refractivity (Wildman–Crippen MR) is 62.0 cm³/mol. The highest BCUT2D eigenvalue weighted by Crippen LogP contribution is 2.32. The second kappa shape index (κ2) is 3.89. The van der Waals surface area contributed by atoms with Gasteiger partial charge < -0.3 is 5.32 Å². The van der Waals surface area contributed by atoms with Crippen molar-refractivity contribution in [1.82, 2.24) is 4.98 Å². The van der Waals surface area contributed by atoms with Crippen LogP contribution in [0.1, 0.15) is 36.8 Å². The predicted octanol–water partition coefficient (Wildman–Crippen LogP) is 3.36. The maximum atomic E-state index is 4.50. The minimum atomic E-state index is 0.591. The number of aryl methyl sites for hydroxylation is 2. The molecule has 1 N–H and O–H groups in total. The van der Waals surface area contributed by atoms with E-state index in [1.54, 1.807) is 11.3 Å². The van der Waals surface area contributed by atoms with Gasteiger partial charge in [0.15, 0.2) is 5.13 Å². The number of hydrogen-bond acceptors (Lipinski definition) is 3. The van der Waals surface area contributed by atoms with Crippen molar-refractivity contribution in [3.63, 3.8) is 0 Å². The fourth-order valence-corrected chi connectivity index (χ4v) is 2.70. The lowest BCUT2D eigenvalue weighted by atomic mass is 9.80. The summed E-state index contributed by atoms with van der Waals surface area (Å²) in [6.45, 7) is 6.48. The summed E-state index contributed by atoms with van der Waals surface area (Å²) in [5, 5.41) is 4.61. The van der Waals surface area contributed by atoms with Crippen molar-refractivity contribution < 1.29 is 0 Å². The van der Waals surface area contributed by atoms with E-state index in [0.717, 1.165) is 11.0 Å². The molecule has 0 spiro atoms. The van der Waals surface area contributed by atoms with Gasteiger partial charge >= 0.3 is 0 Å². The number of nitrogens with one attached hydrogen (secondary N) is 1. The first-order chi connectivity index (χ1) is 6.66. The summed E-state index contributed by atoms with van der Waals surface area (Å²) in [5.74, 6) is 0.875. The first-order valence-electron chi connectivity index (χ1n) is 5.37. The Bertz CT molecular complexity index is 296. The number of nitrogens with zero attached hydrogens (tertiary/aromatic N) is 1. The Morgan fingerprint density at radius 3 is 2.57 bits per heavy atom. The average Bonchev–Trinajstić information content (AvgIpc) is 2.26. The molecule has 1 aliphatic rings. The molecule has 1 atom stereocenters. The molecule has 78 valence electrons. The lowest BCUT2D eigenvalue weighted by molar-refractivity contribution is 0.285. The quantitative estimate of drug-likeness (QED) is 0.827. The van der Waals surface area contributed by atoms with Crippen molar-refractivity contribution in [2.75, 3.05) is 5.32 Å². The molecule has 0 unspecified atom stereocenters. The minimum Gasteiger partial charge on any atom is -0.359 e. The van der Waals surface area contributed by atoms with E-state index >= 15 is 0 Å². The van der Waals surface area contributed by atoms with E-state index in [-0.39, 0.29) is 0 Å². The van der Waals surface area contributed by atoms with E-state index in [9.17, 15) is 0 Å². The second-order valence-corrected chi connectivity index (χ2v) is 5.49. The Morgan fingerprint density at radius 2 is 2.14 bits per heavy atom. The van der Waals surface area contributed by atoms with Gasteiger partial charge in [0.2, 0.25) is 0 Å². The molecule has 0 aliphatic heterocycles. The Kier molecular flexibility index (Phi) is 2.77. The monoisotopic (exact) mass is 210 g/mol. The smallest absolute Gasteiger partial charge is 0.183 e. The zero-order valence-electron chi connectivity index (χ0n) is 9.13. The molecule has 0 radical (unpaired) electrons. The molecule has 0 saturated heterocycles. The summed E-state index contributed by atoms with van der Waals surface area (Å²) >= 11 is 1.77. The molecule has 1 saturated carbocycles. The molecule has 14 heavy (non-hydrogen) atoms. The van der Waals surface area contributed by atoms with Gasteiger partial charge in [-0.1, -0.05) is 6.42 Å². The molecule has 2 nitrogen and oxygen atoms in total. The minimum absolute atomic E-state index is 0.591. The van der Waals surface area contributed by atoms with Gasteiger partial charge in [-0.25, -0.2) is 4.98 Å². The molecular weight excluding hydrogens is 192 g/mol. The first kappa shape index (κ1) is 9.97. The highest BCUT2D eigenvalue weighted by molar-refractivity contribution is 7.15. The van der Waals surface area contributed by atoms with Crippen LogP contribution in [-0.2, 0) is 0 Å². The highest BCUT2D eigenvalue weighted by Gasteiger charge is 2.24. The van der Waals surface area contributed by atoms with Gasteiger partial charge in [0.1, 0.15) is 0 Å². The van der Waals surface area contributed by atoms with Gasteiger partial charge in [-0.2, -0.15) is 0 Å². The van der Waals surface area contributed by atoms with Crippen LogP contribution in [0.4, 0.5) is 5.13 Å². The van der Waals surface area contributed by atoms with Crippen LogP contribution in [0, 0.1) is 19.8 Å². The van der Waals surface area contributed by atoms with E-state index in [4.69, 9.17) is 0 Å². The van der Waals surface area contributed by atoms with Gasteiger partial charge in [-0.15, -0.1) is 11.3 Å². The molecule has 1 aromatic rings. The topological polar surface area (TPSA) is 24.9 Å². The normalized spacial score (nSPS) is 19.1. The molecule has 0 aromatic carbocycles. The van der Waals surface area contributed by atoms with Crippen LogP contribution in [0.2, 0.25) is 0 Å². The van der Waals surface area contributed by atoms with Crippen molar-refractivity contribution in [3.8, 4) is 0 Å². The van der Waals surface area contributed by atoms with Crippen molar-refractivity contribution >= 4 is 16.5 Å². The fraction of sp³-hybridized carbons (Fsp3) is 0.727. The van der Waals surface area contributed by atoms with Crippen molar-refractivity contribution in [2.24, 2.45) is 5.92 Å². The van der Waals surface area contributed by atoms with Crippen molar-refractivity contribution in [2.45, 2.75) is 46.1 Å². The summed E-state index contributed by atoms with van der Waals surface area (Å²) in [4.78, 5) is 5.83. The van der Waals surface area contributed by atoms with Crippen LogP contribution in [0.25, 0.3) is 0 Å². The van der Waals surface area contributed by atoms with E-state index < -0.39 is 0 Å². The Balaban J connectivity index is 1.95. The van der Waals surface area contributed by atoms with Gasteiger partial charge in [-0.05, 0) is 39.5 Å². The fourth-order valence-electron chi connectivity index (χ4n) is 1.79. The van der Waals surface area contributed by atoms with E-state index in [0.29, 0.717) is 6.04 Å². The van der Waals surface area contributed by atoms with E-state index in [2.05, 4.69) is 31.1 Å². The molecule has 0 amide bonds. The number of hydrogen-bond donors (Lipinski definition) is 1. The SMILES string of the molecule is Cc1nc(N[C@H](C)C2CCC2)sc1C. The summed E-state index contributed by atoms with van der Waals surface area (Å²) in [6, 6.07) is 0.591. The van der Waals surface area contributed by atoms with Gasteiger partial charge in [0.05, 0.1) is 5.69 Å². The van der Waals surface area contributed by atoms with Crippen LogP contribution in [0.5, 0.6) is 0 Å². The third-order valence-corrected chi connectivity index (χ3v) is 4.24. The highest BCUT2D eigenvalue weighted by atomic mass is 32.1. The average molecular weight is 210 g/mol. The van der Waals surface area contributed by atoms with Gasteiger partial charge in [0, 0.05) is 10.9 Å². The molecule has 1 aromatic heterocycles. The number of thiazole rings is 1. The maximum absolute atomic E-state index is 4.50. The molecule has 1 heterocycles. The summed E-state index contributed by atoms with van der Waals surface area (Å²) in [7, 11) is 0. The molecule has 1 aliphatic carbocycles. The second-order valence-electron chi connectivity index (χ2n) is 4.28. The zero-order valence-corrected chi connectivity index (χ0v) is 9.95. The molecular formula is C11H18N2S. The summed E-state index contributed by atoms with van der Waals surface area (Å²) < 4.78 is 0. The van der Waals surface area contributed by atoms with Crippen LogP contribution < -0.4 is 5.32 Å². The van der Waals surface area contributed by atoms with Gasteiger partial charge in [0.25, 0.3) is 0 Å². The Morgan fingerprint density at radius 1 is 1.43 bits per heavy atom. The van der Waals surface area contributed by atoms with Crippen LogP contribution in [-0.4, -0.2) is 11.0 Å². The molecule has 2 rings (SSSR count). The van der Waals surface area contributed by atoms with Gasteiger partial charge in [-0.3, -0.25) is 0 Å². The van der Waals surface area contributed by atoms with Crippen LogP contribution in [0.15, 0.2) is 0 Å². The van der Waals surface area contributed by atoms with E-state index in [1.807, 2.05) is 0 Å². The molecule has 3 heteroatoms. The number of aromatic nitrogens is 1. The molecule has 0 bridgehead atoms.